The normalized spacial score (nSPS) is 32.3. The van der Waals surface area contributed by atoms with Gasteiger partial charge in [0.25, 0.3) is 5.89 Å². The molecule has 3 fully saturated rings. The number of hydrogen-bond acceptors (Lipinski definition) is 5. The maximum absolute atomic E-state index is 12.9. The lowest BCUT2D eigenvalue weighted by molar-refractivity contribution is -0.000864. The first-order chi connectivity index (χ1) is 12.7. The molecule has 2 saturated heterocycles. The number of aliphatic hydroxyl groups excluding tert-OH is 1. The number of likely N-dealkylation sites (tertiary alicyclic amines) is 2. The summed E-state index contributed by atoms with van der Waals surface area (Å²) < 4.78 is 5.66. The molecule has 0 spiro atoms. The first kappa shape index (κ1) is 16.3. The summed E-state index contributed by atoms with van der Waals surface area (Å²) in [6, 6.07) is 7.73. The summed E-state index contributed by atoms with van der Waals surface area (Å²) in [6.07, 6.45) is 3.99. The Labute approximate surface area is 152 Å². The number of carbonyl (C=O) groups is 1. The quantitative estimate of drug-likeness (QED) is 0.894. The monoisotopic (exact) mass is 355 g/mol. The fourth-order valence-corrected chi connectivity index (χ4v) is 5.14. The van der Waals surface area contributed by atoms with Crippen LogP contribution in [0, 0.1) is 11.8 Å². The Balaban J connectivity index is 1.31. The summed E-state index contributed by atoms with van der Waals surface area (Å²) in [5, 5.41) is 10.6. The molecule has 0 radical (unpaired) electrons. The molecular weight excluding hydrogens is 330 g/mol. The van der Waals surface area contributed by atoms with Crippen LogP contribution in [0.3, 0.4) is 0 Å². The maximum Gasteiger partial charge on any atom is 0.309 e. The van der Waals surface area contributed by atoms with E-state index in [-0.39, 0.29) is 23.9 Å². The van der Waals surface area contributed by atoms with Crippen LogP contribution in [0.2, 0.25) is 0 Å². The molecule has 1 N–H and O–H groups in total. The van der Waals surface area contributed by atoms with Crippen molar-refractivity contribution in [1.82, 2.24) is 14.8 Å². The molecule has 1 saturated carbocycles. The topological polar surface area (TPSA) is 69.8 Å². The molecule has 0 bridgehead atoms. The van der Waals surface area contributed by atoms with E-state index in [1.54, 1.807) is 0 Å². The predicted molar refractivity (Wildman–Crippen MR) is 96.7 cm³/mol. The highest BCUT2D eigenvalue weighted by Gasteiger charge is 2.45. The molecule has 4 atom stereocenters. The Morgan fingerprint density at radius 2 is 1.85 bits per heavy atom. The molecular formula is C20H25N3O3. The molecule has 1 amide bonds. The zero-order valence-electron chi connectivity index (χ0n) is 14.9. The lowest BCUT2D eigenvalue weighted by Crippen LogP contribution is -2.48. The predicted octanol–water partition coefficient (Wildman–Crippen LogP) is 2.14. The van der Waals surface area contributed by atoms with Crippen LogP contribution in [-0.2, 0) is 0 Å². The lowest BCUT2D eigenvalue weighted by atomic mass is 9.77. The number of fused-ring (bicyclic) bond motifs is 2. The first-order valence-electron chi connectivity index (χ1n) is 9.76. The molecule has 1 aliphatic carbocycles. The number of aromatic nitrogens is 1. The lowest BCUT2D eigenvalue weighted by Gasteiger charge is -2.40. The third-order valence-electron chi connectivity index (χ3n) is 6.48. The van der Waals surface area contributed by atoms with Crippen LogP contribution < -0.4 is 0 Å². The number of hydrogen-bond donors (Lipinski definition) is 1. The zero-order valence-corrected chi connectivity index (χ0v) is 14.9. The van der Waals surface area contributed by atoms with E-state index in [1.165, 1.54) is 12.8 Å². The van der Waals surface area contributed by atoms with Crippen molar-refractivity contribution < 1.29 is 14.3 Å². The second kappa shape index (κ2) is 6.35. The van der Waals surface area contributed by atoms with E-state index in [0.29, 0.717) is 24.0 Å². The Morgan fingerprint density at radius 3 is 2.62 bits per heavy atom. The molecule has 1 aromatic heterocycles. The SMILES string of the molecule is O=C(c1nc2ccccc2o1)N1C[C@H]2C[C@@H](N3CCCC3)[C@H](O)C[C@H]2C1. The van der Waals surface area contributed by atoms with Crippen molar-refractivity contribution in [2.75, 3.05) is 26.2 Å². The maximum atomic E-state index is 12.9. The van der Waals surface area contributed by atoms with Crippen LogP contribution in [0.1, 0.15) is 36.4 Å². The van der Waals surface area contributed by atoms with Gasteiger partial charge >= 0.3 is 5.91 Å². The number of para-hydroxylation sites is 2. The average Bonchev–Trinajstić information content (AvgIpc) is 3.38. The first-order valence-corrected chi connectivity index (χ1v) is 9.76. The van der Waals surface area contributed by atoms with Gasteiger partial charge in [-0.1, -0.05) is 12.1 Å². The number of aliphatic hydroxyl groups is 1. The Bertz CT molecular complexity index is 780. The van der Waals surface area contributed by atoms with Crippen molar-refractivity contribution in [1.29, 1.82) is 0 Å². The van der Waals surface area contributed by atoms with Crippen molar-refractivity contribution >= 4 is 17.0 Å². The second-order valence-corrected chi connectivity index (χ2v) is 8.07. The van der Waals surface area contributed by atoms with Crippen LogP contribution in [-0.4, -0.2) is 64.1 Å². The van der Waals surface area contributed by atoms with Crippen LogP contribution in [0.25, 0.3) is 11.1 Å². The van der Waals surface area contributed by atoms with Gasteiger partial charge < -0.3 is 14.4 Å². The van der Waals surface area contributed by atoms with E-state index in [9.17, 15) is 9.90 Å². The summed E-state index contributed by atoms with van der Waals surface area (Å²) in [5.74, 6) is 0.916. The molecule has 1 aromatic carbocycles. The van der Waals surface area contributed by atoms with Gasteiger partial charge in [-0.2, -0.15) is 0 Å². The van der Waals surface area contributed by atoms with Crippen molar-refractivity contribution in [3.63, 3.8) is 0 Å². The van der Waals surface area contributed by atoms with Gasteiger partial charge in [0.1, 0.15) is 5.52 Å². The van der Waals surface area contributed by atoms with Crippen LogP contribution in [0.5, 0.6) is 0 Å². The molecule has 26 heavy (non-hydrogen) atoms. The van der Waals surface area contributed by atoms with Crippen LogP contribution >= 0.6 is 0 Å². The molecule has 3 heterocycles. The summed E-state index contributed by atoms with van der Waals surface area (Å²) in [6.45, 7) is 3.65. The number of rotatable bonds is 2. The second-order valence-electron chi connectivity index (χ2n) is 8.07. The largest absolute Gasteiger partial charge is 0.432 e. The standard InChI is InChI=1S/C20H25N3O3/c24-17-10-14-12-23(11-13(14)9-16(17)22-7-3-4-8-22)20(25)19-21-15-5-1-2-6-18(15)26-19/h1-2,5-6,13-14,16-17,24H,3-4,7-12H2/t13-,14+,16-,17-/m1/s1. The van der Waals surface area contributed by atoms with E-state index in [0.717, 1.165) is 38.0 Å². The summed E-state index contributed by atoms with van der Waals surface area (Å²) in [5.41, 5.74) is 1.37. The van der Waals surface area contributed by atoms with Crippen molar-refractivity contribution in [3.8, 4) is 0 Å². The van der Waals surface area contributed by atoms with Gasteiger partial charge in [-0.15, -0.1) is 0 Å². The van der Waals surface area contributed by atoms with Gasteiger partial charge in [-0.05, 0) is 62.7 Å². The van der Waals surface area contributed by atoms with Crippen LogP contribution in [0.4, 0.5) is 0 Å². The van der Waals surface area contributed by atoms with Gasteiger partial charge in [0, 0.05) is 19.1 Å². The number of oxazole rings is 1. The summed E-state index contributed by atoms with van der Waals surface area (Å²) >= 11 is 0. The van der Waals surface area contributed by atoms with Crippen LogP contribution in [0.15, 0.2) is 28.7 Å². The summed E-state index contributed by atoms with van der Waals surface area (Å²) in [4.78, 5) is 21.6. The fourth-order valence-electron chi connectivity index (χ4n) is 5.14. The van der Waals surface area contributed by atoms with E-state index < -0.39 is 0 Å². The van der Waals surface area contributed by atoms with Crippen molar-refractivity contribution in [3.05, 3.63) is 30.2 Å². The minimum absolute atomic E-state index is 0.122. The van der Waals surface area contributed by atoms with E-state index >= 15 is 0 Å². The third-order valence-corrected chi connectivity index (χ3v) is 6.48. The molecule has 2 aliphatic heterocycles. The number of carbonyl (C=O) groups excluding carboxylic acids is 1. The average molecular weight is 355 g/mol. The fraction of sp³-hybridized carbons (Fsp3) is 0.600. The smallest absolute Gasteiger partial charge is 0.309 e. The highest BCUT2D eigenvalue weighted by atomic mass is 16.4. The van der Waals surface area contributed by atoms with E-state index in [1.807, 2.05) is 29.2 Å². The molecule has 6 heteroatoms. The molecule has 2 aromatic rings. The zero-order chi connectivity index (χ0) is 17.7. The van der Waals surface area contributed by atoms with E-state index in [4.69, 9.17) is 4.42 Å². The van der Waals surface area contributed by atoms with E-state index in [2.05, 4.69) is 9.88 Å². The minimum Gasteiger partial charge on any atom is -0.432 e. The highest BCUT2D eigenvalue weighted by Crippen LogP contribution is 2.39. The molecule has 3 aliphatic rings. The number of benzene rings is 1. The van der Waals surface area contributed by atoms with Crippen molar-refractivity contribution in [2.24, 2.45) is 11.8 Å². The highest BCUT2D eigenvalue weighted by molar-refractivity contribution is 5.92. The Morgan fingerprint density at radius 1 is 1.12 bits per heavy atom. The van der Waals surface area contributed by atoms with Crippen molar-refractivity contribution in [2.45, 2.75) is 37.8 Å². The molecule has 5 rings (SSSR count). The molecule has 6 nitrogen and oxygen atoms in total. The number of nitrogens with zero attached hydrogens (tertiary/aromatic N) is 3. The van der Waals surface area contributed by atoms with Gasteiger partial charge in [0.2, 0.25) is 0 Å². The van der Waals surface area contributed by atoms with Gasteiger partial charge in [0.15, 0.2) is 5.58 Å². The third kappa shape index (κ3) is 2.72. The van der Waals surface area contributed by atoms with Gasteiger partial charge in [0.05, 0.1) is 6.10 Å². The Kier molecular flexibility index (Phi) is 3.98. The summed E-state index contributed by atoms with van der Waals surface area (Å²) in [7, 11) is 0. The molecule has 138 valence electrons. The van der Waals surface area contributed by atoms with Gasteiger partial charge in [-0.3, -0.25) is 9.69 Å². The van der Waals surface area contributed by atoms with Gasteiger partial charge in [-0.25, -0.2) is 4.98 Å². The number of amides is 1. The minimum atomic E-state index is -0.270. The molecule has 0 unspecified atom stereocenters. The Hall–Kier alpha value is -1.92.